The maximum Gasteiger partial charge on any atom is 0.215 e. The highest BCUT2D eigenvalue weighted by atomic mass is 79.9. The van der Waals surface area contributed by atoms with Crippen LogP contribution in [0, 0.1) is 6.92 Å². The van der Waals surface area contributed by atoms with E-state index in [1.54, 1.807) is 0 Å². The maximum atomic E-state index is 5.75. The Kier molecular flexibility index (Phi) is 5.15. The van der Waals surface area contributed by atoms with Gasteiger partial charge < -0.3 is 4.74 Å². The SMILES string of the molecule is CCCCCOc1c(CBr)c(C)nn1C. The van der Waals surface area contributed by atoms with Gasteiger partial charge in [0.15, 0.2) is 0 Å². The lowest BCUT2D eigenvalue weighted by Gasteiger charge is -2.07. The van der Waals surface area contributed by atoms with E-state index >= 15 is 0 Å². The summed E-state index contributed by atoms with van der Waals surface area (Å²) in [5.41, 5.74) is 2.20. The molecular formula is C11H19BrN2O. The summed E-state index contributed by atoms with van der Waals surface area (Å²) >= 11 is 3.46. The van der Waals surface area contributed by atoms with Gasteiger partial charge in [0.2, 0.25) is 5.88 Å². The fourth-order valence-electron chi connectivity index (χ4n) is 1.54. The molecule has 86 valence electrons. The van der Waals surface area contributed by atoms with Crippen LogP contribution in [0.1, 0.15) is 37.4 Å². The van der Waals surface area contributed by atoms with E-state index in [9.17, 15) is 0 Å². The second-order valence-electron chi connectivity index (χ2n) is 3.68. The molecule has 0 fully saturated rings. The van der Waals surface area contributed by atoms with Crippen molar-refractivity contribution in [1.82, 2.24) is 9.78 Å². The number of halogens is 1. The molecule has 0 bridgehead atoms. The molecule has 0 saturated heterocycles. The van der Waals surface area contributed by atoms with Crippen LogP contribution in [0.2, 0.25) is 0 Å². The van der Waals surface area contributed by atoms with Crippen LogP contribution in [0.4, 0.5) is 0 Å². The highest BCUT2D eigenvalue weighted by molar-refractivity contribution is 9.08. The number of aromatic nitrogens is 2. The predicted molar refractivity (Wildman–Crippen MR) is 65.6 cm³/mol. The lowest BCUT2D eigenvalue weighted by molar-refractivity contribution is 0.279. The van der Waals surface area contributed by atoms with Crippen LogP contribution in [-0.2, 0) is 12.4 Å². The van der Waals surface area contributed by atoms with Gasteiger partial charge in [-0.3, -0.25) is 0 Å². The minimum Gasteiger partial charge on any atom is -0.478 e. The first-order valence-electron chi connectivity index (χ1n) is 5.42. The number of unbranched alkanes of at least 4 members (excludes halogenated alkanes) is 2. The van der Waals surface area contributed by atoms with Gasteiger partial charge in [0.25, 0.3) is 0 Å². The van der Waals surface area contributed by atoms with Crippen molar-refractivity contribution in [3.63, 3.8) is 0 Å². The molecule has 4 heteroatoms. The Morgan fingerprint density at radius 3 is 2.73 bits per heavy atom. The summed E-state index contributed by atoms with van der Waals surface area (Å²) < 4.78 is 7.57. The van der Waals surface area contributed by atoms with E-state index in [1.165, 1.54) is 12.8 Å². The van der Waals surface area contributed by atoms with Gasteiger partial charge in [0.05, 0.1) is 12.3 Å². The lowest BCUT2D eigenvalue weighted by atomic mass is 10.2. The molecule has 0 saturated carbocycles. The van der Waals surface area contributed by atoms with Gasteiger partial charge in [-0.2, -0.15) is 5.10 Å². The van der Waals surface area contributed by atoms with Gasteiger partial charge in [-0.15, -0.1) is 0 Å². The molecule has 0 unspecified atom stereocenters. The lowest BCUT2D eigenvalue weighted by Crippen LogP contribution is -2.03. The number of hydrogen-bond donors (Lipinski definition) is 0. The van der Waals surface area contributed by atoms with Gasteiger partial charge >= 0.3 is 0 Å². The molecule has 0 atom stereocenters. The molecule has 3 nitrogen and oxygen atoms in total. The third kappa shape index (κ3) is 3.23. The van der Waals surface area contributed by atoms with Crippen molar-refractivity contribution in [2.24, 2.45) is 7.05 Å². The number of rotatable bonds is 6. The first-order valence-corrected chi connectivity index (χ1v) is 6.54. The Morgan fingerprint density at radius 2 is 2.13 bits per heavy atom. The second kappa shape index (κ2) is 6.16. The van der Waals surface area contributed by atoms with Crippen molar-refractivity contribution in [1.29, 1.82) is 0 Å². The van der Waals surface area contributed by atoms with Gasteiger partial charge in [-0.05, 0) is 13.3 Å². The van der Waals surface area contributed by atoms with E-state index in [1.807, 2.05) is 18.7 Å². The summed E-state index contributed by atoms with van der Waals surface area (Å²) in [7, 11) is 1.92. The summed E-state index contributed by atoms with van der Waals surface area (Å²) in [6.07, 6.45) is 3.56. The first kappa shape index (κ1) is 12.6. The third-order valence-corrected chi connectivity index (χ3v) is 2.97. The van der Waals surface area contributed by atoms with E-state index in [4.69, 9.17) is 4.74 Å². The van der Waals surface area contributed by atoms with Crippen molar-refractivity contribution in [3.05, 3.63) is 11.3 Å². The minimum absolute atomic E-state index is 0.785. The molecule has 1 rings (SSSR count). The molecule has 0 amide bonds. The summed E-state index contributed by atoms with van der Waals surface area (Å²) in [4.78, 5) is 0. The minimum atomic E-state index is 0.785. The van der Waals surface area contributed by atoms with Crippen LogP contribution in [0.25, 0.3) is 0 Å². The van der Waals surface area contributed by atoms with Gasteiger partial charge in [0.1, 0.15) is 0 Å². The molecule has 0 aromatic carbocycles. The Hall–Kier alpha value is -0.510. The number of aryl methyl sites for hydroxylation is 2. The van der Waals surface area contributed by atoms with Gasteiger partial charge in [-0.25, -0.2) is 4.68 Å². The Morgan fingerprint density at radius 1 is 1.40 bits per heavy atom. The van der Waals surface area contributed by atoms with Crippen LogP contribution in [0.15, 0.2) is 0 Å². The number of alkyl halides is 1. The van der Waals surface area contributed by atoms with Crippen molar-refractivity contribution < 1.29 is 4.74 Å². The van der Waals surface area contributed by atoms with Crippen LogP contribution < -0.4 is 4.74 Å². The summed E-state index contributed by atoms with van der Waals surface area (Å²) in [6, 6.07) is 0. The van der Waals surface area contributed by atoms with E-state index in [0.29, 0.717) is 0 Å². The third-order valence-electron chi connectivity index (χ3n) is 2.41. The average molecular weight is 275 g/mol. The fraction of sp³-hybridized carbons (Fsp3) is 0.727. The van der Waals surface area contributed by atoms with Crippen molar-refractivity contribution in [3.8, 4) is 5.88 Å². The van der Waals surface area contributed by atoms with Crippen LogP contribution in [0.3, 0.4) is 0 Å². The molecule has 0 radical (unpaired) electrons. The fourth-order valence-corrected chi connectivity index (χ4v) is 2.18. The van der Waals surface area contributed by atoms with Crippen molar-refractivity contribution in [2.75, 3.05) is 6.61 Å². The Balaban J connectivity index is 2.59. The van der Waals surface area contributed by atoms with Crippen LogP contribution >= 0.6 is 15.9 Å². The summed E-state index contributed by atoms with van der Waals surface area (Å²) in [5, 5.41) is 5.14. The largest absolute Gasteiger partial charge is 0.478 e. The molecular weight excluding hydrogens is 256 g/mol. The molecule has 0 aliphatic carbocycles. The predicted octanol–water partition coefficient (Wildman–Crippen LogP) is 3.19. The standard InChI is InChI=1S/C11H19BrN2O/c1-4-5-6-7-15-11-10(8-12)9(2)13-14(11)3/h4-8H2,1-3H3. The van der Waals surface area contributed by atoms with E-state index in [0.717, 1.165) is 35.5 Å². The number of hydrogen-bond acceptors (Lipinski definition) is 2. The smallest absolute Gasteiger partial charge is 0.215 e. The number of nitrogens with zero attached hydrogens (tertiary/aromatic N) is 2. The van der Waals surface area contributed by atoms with Crippen LogP contribution in [0.5, 0.6) is 5.88 Å². The topological polar surface area (TPSA) is 27.1 Å². The van der Waals surface area contributed by atoms with Crippen molar-refractivity contribution >= 4 is 15.9 Å². The monoisotopic (exact) mass is 274 g/mol. The zero-order valence-electron chi connectivity index (χ0n) is 9.72. The van der Waals surface area contributed by atoms with Crippen LogP contribution in [-0.4, -0.2) is 16.4 Å². The summed E-state index contributed by atoms with van der Waals surface area (Å²) in [5.74, 6) is 0.903. The molecule has 1 heterocycles. The van der Waals surface area contributed by atoms with Crippen molar-refractivity contribution in [2.45, 2.75) is 38.4 Å². The molecule has 0 spiro atoms. The molecule has 15 heavy (non-hydrogen) atoms. The zero-order chi connectivity index (χ0) is 11.3. The average Bonchev–Trinajstić information content (AvgIpc) is 2.48. The molecule has 1 aromatic rings. The zero-order valence-corrected chi connectivity index (χ0v) is 11.3. The van der Waals surface area contributed by atoms with E-state index in [-0.39, 0.29) is 0 Å². The Labute approximate surface area is 99.9 Å². The molecule has 0 aliphatic rings. The maximum absolute atomic E-state index is 5.75. The van der Waals surface area contributed by atoms with E-state index in [2.05, 4.69) is 28.0 Å². The molecule has 0 N–H and O–H groups in total. The quantitative estimate of drug-likeness (QED) is 0.589. The van der Waals surface area contributed by atoms with Gasteiger partial charge in [0, 0.05) is 17.9 Å². The highest BCUT2D eigenvalue weighted by Gasteiger charge is 2.12. The first-order chi connectivity index (χ1) is 7.20. The highest BCUT2D eigenvalue weighted by Crippen LogP contribution is 2.23. The van der Waals surface area contributed by atoms with E-state index < -0.39 is 0 Å². The normalized spacial score (nSPS) is 10.7. The summed E-state index contributed by atoms with van der Waals surface area (Å²) in [6.45, 7) is 4.99. The molecule has 0 aliphatic heterocycles. The Bertz CT molecular complexity index is 310. The number of ether oxygens (including phenoxy) is 1. The van der Waals surface area contributed by atoms with Gasteiger partial charge in [-0.1, -0.05) is 35.7 Å². The molecule has 1 aromatic heterocycles. The second-order valence-corrected chi connectivity index (χ2v) is 4.24.